The topological polar surface area (TPSA) is 64.7 Å². The van der Waals surface area contributed by atoms with E-state index < -0.39 is 28.5 Å². The fourth-order valence-electron chi connectivity index (χ4n) is 2.45. The molecule has 0 aliphatic carbocycles. The lowest BCUT2D eigenvalue weighted by Crippen LogP contribution is -2.14. The van der Waals surface area contributed by atoms with Crippen LogP contribution in [-0.2, 0) is 19.8 Å². The van der Waals surface area contributed by atoms with E-state index in [9.17, 15) is 18.0 Å². The van der Waals surface area contributed by atoms with Crippen molar-refractivity contribution in [1.82, 2.24) is 19.6 Å². The first-order valence-electron chi connectivity index (χ1n) is 7.54. The second-order valence-electron chi connectivity index (χ2n) is 5.60. The molecule has 0 saturated carbocycles. The van der Waals surface area contributed by atoms with Crippen LogP contribution in [0.3, 0.4) is 0 Å². The van der Waals surface area contributed by atoms with Crippen molar-refractivity contribution in [2.24, 2.45) is 7.05 Å². The van der Waals surface area contributed by atoms with E-state index >= 15 is 0 Å². The molecule has 0 saturated heterocycles. The van der Waals surface area contributed by atoms with Crippen LogP contribution in [0.4, 0.5) is 19.0 Å². The number of rotatable bonds is 4. The summed E-state index contributed by atoms with van der Waals surface area (Å²) in [5.41, 5.74) is -0.827. The van der Waals surface area contributed by atoms with Gasteiger partial charge in [-0.2, -0.15) is 23.4 Å². The Morgan fingerprint density at radius 1 is 1.19 bits per heavy atom. The number of halogens is 5. The highest BCUT2D eigenvalue weighted by molar-refractivity contribution is 6.36. The van der Waals surface area contributed by atoms with Crippen molar-refractivity contribution < 1.29 is 18.0 Å². The maximum atomic E-state index is 13.0. The average molecular weight is 418 g/mol. The number of alkyl halides is 3. The number of aryl methyl sites for hydroxylation is 1. The molecule has 142 valence electrons. The zero-order valence-corrected chi connectivity index (χ0v) is 15.3. The van der Waals surface area contributed by atoms with Gasteiger partial charge < -0.3 is 5.32 Å². The number of hydrogen-bond donors (Lipinski definition) is 1. The molecular formula is C16H12Cl2F3N5O. The van der Waals surface area contributed by atoms with Gasteiger partial charge in [0.05, 0.1) is 6.54 Å². The molecule has 2 aromatic heterocycles. The van der Waals surface area contributed by atoms with Crippen LogP contribution in [0.1, 0.15) is 21.7 Å². The fraction of sp³-hybridized carbons (Fsp3) is 0.188. The van der Waals surface area contributed by atoms with Gasteiger partial charge in [-0.25, -0.2) is 0 Å². The summed E-state index contributed by atoms with van der Waals surface area (Å²) < 4.78 is 40.9. The Kier molecular flexibility index (Phi) is 5.16. The highest BCUT2D eigenvalue weighted by Gasteiger charge is 2.40. The molecule has 1 amide bonds. The Morgan fingerprint density at radius 2 is 1.85 bits per heavy atom. The lowest BCUT2D eigenvalue weighted by molar-refractivity contribution is -0.143. The molecule has 0 fully saturated rings. The minimum Gasteiger partial charge on any atom is -0.302 e. The largest absolute Gasteiger partial charge is 0.434 e. The summed E-state index contributed by atoms with van der Waals surface area (Å²) in [5.74, 6) is -0.953. The van der Waals surface area contributed by atoms with Gasteiger partial charge in [-0.3, -0.25) is 14.2 Å². The molecule has 1 aromatic carbocycles. The number of hydrogen-bond acceptors (Lipinski definition) is 3. The Morgan fingerprint density at radius 3 is 2.44 bits per heavy atom. The quantitative estimate of drug-likeness (QED) is 0.690. The third-order valence-corrected chi connectivity index (χ3v) is 4.24. The summed E-state index contributed by atoms with van der Waals surface area (Å²) in [5, 5.41) is 9.36. The van der Waals surface area contributed by atoms with Crippen LogP contribution >= 0.6 is 23.2 Å². The number of carbonyl (C=O) groups is 1. The molecule has 0 radical (unpaired) electrons. The summed E-state index contributed by atoms with van der Waals surface area (Å²) in [6, 6.07) is 9.38. The summed E-state index contributed by atoms with van der Waals surface area (Å²) in [4.78, 5) is 12.3. The number of nitrogens with zero attached hydrogens (tertiary/aromatic N) is 4. The van der Waals surface area contributed by atoms with Crippen LogP contribution in [0.25, 0.3) is 0 Å². The molecular weight excluding hydrogens is 406 g/mol. The minimum atomic E-state index is -4.74. The molecule has 0 bridgehead atoms. The van der Waals surface area contributed by atoms with Crippen molar-refractivity contribution in [1.29, 1.82) is 0 Å². The lowest BCUT2D eigenvalue weighted by atomic mass is 10.2. The van der Waals surface area contributed by atoms with Crippen LogP contribution < -0.4 is 5.32 Å². The molecule has 3 aromatic rings. The molecule has 1 N–H and O–H groups in total. The summed E-state index contributed by atoms with van der Waals surface area (Å²) >= 11 is 11.8. The molecule has 6 nitrogen and oxygen atoms in total. The monoisotopic (exact) mass is 417 g/mol. The summed E-state index contributed by atoms with van der Waals surface area (Å²) in [7, 11) is 1.05. The maximum Gasteiger partial charge on any atom is 0.434 e. The molecule has 0 atom stereocenters. The van der Waals surface area contributed by atoms with Gasteiger partial charge >= 0.3 is 6.18 Å². The highest BCUT2D eigenvalue weighted by atomic mass is 35.5. The number of amides is 1. The highest BCUT2D eigenvalue weighted by Crippen LogP contribution is 2.36. The van der Waals surface area contributed by atoms with Crippen molar-refractivity contribution >= 4 is 34.9 Å². The third-order valence-electron chi connectivity index (χ3n) is 3.61. The van der Waals surface area contributed by atoms with Gasteiger partial charge in [0.2, 0.25) is 0 Å². The van der Waals surface area contributed by atoms with E-state index in [4.69, 9.17) is 23.2 Å². The predicted octanol–water partition coefficient (Wildman–Crippen LogP) is 4.24. The van der Waals surface area contributed by atoms with Gasteiger partial charge in [0.1, 0.15) is 10.0 Å². The summed E-state index contributed by atoms with van der Waals surface area (Å²) in [6.45, 7) is 0.402. The molecule has 3 rings (SSSR count). The number of anilines is 1. The first-order valence-corrected chi connectivity index (χ1v) is 8.30. The van der Waals surface area contributed by atoms with Crippen LogP contribution in [0.2, 0.25) is 10.0 Å². The van der Waals surface area contributed by atoms with E-state index in [0.29, 0.717) is 11.2 Å². The SMILES string of the molecule is Cn1nc(C(=O)Nc2nn(Cc3ccccc3)cc2Cl)c(Cl)c1C(F)(F)F. The zero-order chi connectivity index (χ0) is 19.8. The molecule has 0 aliphatic heterocycles. The van der Waals surface area contributed by atoms with Crippen LogP contribution in [0, 0.1) is 0 Å². The Bertz CT molecular complexity index is 982. The Hall–Kier alpha value is -2.52. The molecule has 27 heavy (non-hydrogen) atoms. The summed E-state index contributed by atoms with van der Waals surface area (Å²) in [6.07, 6.45) is -3.25. The van der Waals surface area contributed by atoms with Crippen LogP contribution in [-0.4, -0.2) is 25.5 Å². The fourth-order valence-corrected chi connectivity index (χ4v) is 3.00. The molecule has 0 unspecified atom stereocenters. The van der Waals surface area contributed by atoms with Crippen molar-refractivity contribution in [2.45, 2.75) is 12.7 Å². The molecule has 11 heteroatoms. The number of carbonyl (C=O) groups excluding carboxylic acids is 1. The van der Waals surface area contributed by atoms with Crippen LogP contribution in [0.15, 0.2) is 36.5 Å². The zero-order valence-electron chi connectivity index (χ0n) is 13.8. The average Bonchev–Trinajstić information content (AvgIpc) is 3.07. The van der Waals surface area contributed by atoms with E-state index in [-0.39, 0.29) is 10.8 Å². The standard InChI is InChI=1S/C16H12Cl2F3N5O/c1-25-13(16(19,20)21)11(18)12(23-25)15(27)22-14-10(17)8-26(24-14)7-9-5-3-2-4-6-9/h2-6,8H,7H2,1H3,(H,22,24,27). The predicted molar refractivity (Wildman–Crippen MR) is 94.0 cm³/mol. The van der Waals surface area contributed by atoms with E-state index in [1.165, 1.54) is 10.9 Å². The second kappa shape index (κ2) is 7.24. The van der Waals surface area contributed by atoms with Crippen molar-refractivity contribution in [2.75, 3.05) is 5.32 Å². The normalized spacial score (nSPS) is 11.6. The maximum absolute atomic E-state index is 13.0. The van der Waals surface area contributed by atoms with Gasteiger partial charge in [-0.05, 0) is 5.56 Å². The molecule has 2 heterocycles. The third kappa shape index (κ3) is 4.09. The van der Waals surface area contributed by atoms with Gasteiger partial charge in [-0.1, -0.05) is 53.5 Å². The minimum absolute atomic E-state index is 0.00660. The molecule has 0 aliphatic rings. The Labute approximate surface area is 161 Å². The van der Waals surface area contributed by atoms with Crippen molar-refractivity contribution in [3.8, 4) is 0 Å². The smallest absolute Gasteiger partial charge is 0.302 e. The van der Waals surface area contributed by atoms with Crippen molar-refractivity contribution in [3.63, 3.8) is 0 Å². The van der Waals surface area contributed by atoms with E-state index in [1.54, 1.807) is 0 Å². The number of benzene rings is 1. The number of nitrogens with one attached hydrogen (secondary N) is 1. The molecule has 0 spiro atoms. The van der Waals surface area contributed by atoms with Crippen molar-refractivity contribution in [3.05, 3.63) is 63.5 Å². The van der Waals surface area contributed by atoms with Crippen LogP contribution in [0.5, 0.6) is 0 Å². The lowest BCUT2D eigenvalue weighted by Gasteiger charge is -2.06. The first kappa shape index (κ1) is 19.2. The first-order chi connectivity index (χ1) is 12.7. The van der Waals surface area contributed by atoms with Gasteiger partial charge in [-0.15, -0.1) is 0 Å². The Balaban J connectivity index is 1.81. The van der Waals surface area contributed by atoms with Gasteiger partial charge in [0.15, 0.2) is 17.2 Å². The van der Waals surface area contributed by atoms with Gasteiger partial charge in [0, 0.05) is 13.2 Å². The number of aromatic nitrogens is 4. The van der Waals surface area contributed by atoms with E-state index in [0.717, 1.165) is 12.6 Å². The second-order valence-corrected chi connectivity index (χ2v) is 6.38. The van der Waals surface area contributed by atoms with Gasteiger partial charge in [0.25, 0.3) is 5.91 Å². The van der Waals surface area contributed by atoms with E-state index in [1.807, 2.05) is 30.3 Å². The van der Waals surface area contributed by atoms with E-state index in [2.05, 4.69) is 15.5 Å².